The van der Waals surface area contributed by atoms with Gasteiger partial charge in [0.2, 0.25) is 5.91 Å². The van der Waals surface area contributed by atoms with Crippen LogP contribution >= 0.6 is 0 Å². The highest BCUT2D eigenvalue weighted by Gasteiger charge is 2.16. The number of ether oxygens (including phenoxy) is 1. The molecule has 0 aromatic heterocycles. The minimum atomic E-state index is -0.330. The quantitative estimate of drug-likeness (QED) is 0.698. The van der Waals surface area contributed by atoms with Crippen LogP contribution in [0.4, 0.5) is 5.69 Å². The largest absolute Gasteiger partial charge is 0.493 e. The highest BCUT2D eigenvalue weighted by molar-refractivity contribution is 6.00. The van der Waals surface area contributed by atoms with Gasteiger partial charge in [0.15, 0.2) is 0 Å². The van der Waals surface area contributed by atoms with E-state index in [2.05, 4.69) is 10.6 Å². The van der Waals surface area contributed by atoms with Gasteiger partial charge in [-0.15, -0.1) is 0 Å². The van der Waals surface area contributed by atoms with E-state index in [-0.39, 0.29) is 30.2 Å². The van der Waals surface area contributed by atoms with Crippen molar-refractivity contribution in [2.24, 2.45) is 5.92 Å². The Morgan fingerprint density at radius 3 is 2.43 bits per heavy atom. The fourth-order valence-corrected chi connectivity index (χ4v) is 2.70. The van der Waals surface area contributed by atoms with Gasteiger partial charge in [0, 0.05) is 37.8 Å². The molecule has 7 heteroatoms. The van der Waals surface area contributed by atoms with Gasteiger partial charge in [-0.05, 0) is 42.8 Å². The molecule has 2 aromatic rings. The van der Waals surface area contributed by atoms with Crippen LogP contribution in [0.5, 0.6) is 5.75 Å². The van der Waals surface area contributed by atoms with E-state index in [0.717, 1.165) is 5.56 Å². The van der Waals surface area contributed by atoms with E-state index in [1.807, 2.05) is 13.0 Å². The molecule has 0 saturated heterocycles. The number of nitrogens with zero attached hydrogens (tertiary/aromatic N) is 1. The first-order valence-corrected chi connectivity index (χ1v) is 9.89. The molecule has 0 spiro atoms. The number of carbonyl (C=O) groups excluding carboxylic acids is 3. The summed E-state index contributed by atoms with van der Waals surface area (Å²) in [5.41, 5.74) is 2.22. The van der Waals surface area contributed by atoms with Crippen molar-refractivity contribution in [2.75, 3.05) is 26.0 Å². The lowest BCUT2D eigenvalue weighted by molar-refractivity contribution is -0.118. The summed E-state index contributed by atoms with van der Waals surface area (Å²) in [6, 6.07) is 12.1. The predicted molar refractivity (Wildman–Crippen MR) is 117 cm³/mol. The molecule has 0 atom stereocenters. The molecular formula is C23H29N3O4. The lowest BCUT2D eigenvalue weighted by Crippen LogP contribution is -2.25. The molecule has 2 rings (SSSR count). The second-order valence-corrected chi connectivity index (χ2v) is 7.37. The van der Waals surface area contributed by atoms with E-state index >= 15 is 0 Å². The summed E-state index contributed by atoms with van der Waals surface area (Å²) < 4.78 is 5.57. The first kappa shape index (κ1) is 22.9. The van der Waals surface area contributed by atoms with Gasteiger partial charge in [0.25, 0.3) is 11.8 Å². The molecule has 0 saturated carbocycles. The molecule has 0 unspecified atom stereocenters. The molecule has 160 valence electrons. The van der Waals surface area contributed by atoms with Crippen LogP contribution in [-0.2, 0) is 11.3 Å². The number of hydrogen-bond acceptors (Lipinski definition) is 4. The van der Waals surface area contributed by atoms with E-state index in [4.69, 9.17) is 4.74 Å². The summed E-state index contributed by atoms with van der Waals surface area (Å²) in [7, 11) is 3.38. The van der Waals surface area contributed by atoms with Crippen molar-refractivity contribution in [1.82, 2.24) is 10.2 Å². The molecule has 0 heterocycles. The second-order valence-electron chi connectivity index (χ2n) is 7.37. The third kappa shape index (κ3) is 6.07. The Morgan fingerprint density at radius 2 is 1.80 bits per heavy atom. The summed E-state index contributed by atoms with van der Waals surface area (Å²) >= 11 is 0. The van der Waals surface area contributed by atoms with Crippen molar-refractivity contribution in [3.8, 4) is 5.75 Å². The molecule has 2 N–H and O–H groups in total. The Kier molecular flexibility index (Phi) is 7.98. The monoisotopic (exact) mass is 411 g/mol. The summed E-state index contributed by atoms with van der Waals surface area (Å²) in [5, 5.41) is 5.65. The Balaban J connectivity index is 2.18. The summed E-state index contributed by atoms with van der Waals surface area (Å²) in [4.78, 5) is 38.4. The molecule has 3 amide bonds. The van der Waals surface area contributed by atoms with E-state index in [1.54, 1.807) is 64.3 Å². The highest BCUT2D eigenvalue weighted by atomic mass is 16.5. The maximum atomic E-state index is 12.8. The third-order valence-electron chi connectivity index (χ3n) is 4.35. The summed E-state index contributed by atoms with van der Waals surface area (Å²) in [6.07, 6.45) is 0. The molecule has 0 bridgehead atoms. The zero-order valence-electron chi connectivity index (χ0n) is 18.1. The molecule has 2 aromatic carbocycles. The van der Waals surface area contributed by atoms with Crippen molar-refractivity contribution in [3.05, 3.63) is 59.2 Å². The maximum absolute atomic E-state index is 12.8. The van der Waals surface area contributed by atoms with E-state index < -0.39 is 0 Å². The highest BCUT2D eigenvalue weighted by Crippen LogP contribution is 2.24. The van der Waals surface area contributed by atoms with E-state index in [1.165, 1.54) is 4.90 Å². The smallest absolute Gasteiger partial charge is 0.255 e. The molecule has 0 aliphatic carbocycles. The molecule has 7 nitrogen and oxygen atoms in total. The Morgan fingerprint density at radius 1 is 1.07 bits per heavy atom. The molecule has 0 aliphatic heterocycles. The van der Waals surface area contributed by atoms with Gasteiger partial charge in [-0.3, -0.25) is 14.4 Å². The van der Waals surface area contributed by atoms with Crippen LogP contribution in [0.1, 0.15) is 47.1 Å². The van der Waals surface area contributed by atoms with Crippen LogP contribution < -0.4 is 15.4 Å². The standard InChI is InChI=1S/C23H29N3O4/c1-6-30-20-11-10-18(25-21(27)15(2)3)13-19(20)22(28)24-14-16-8-7-9-17(12-16)23(29)26(4)5/h7-13,15H,6,14H2,1-5H3,(H,24,28)(H,25,27). The molecule has 0 fully saturated rings. The fourth-order valence-electron chi connectivity index (χ4n) is 2.70. The van der Waals surface area contributed by atoms with Gasteiger partial charge in [-0.25, -0.2) is 0 Å². The van der Waals surface area contributed by atoms with Crippen molar-refractivity contribution in [3.63, 3.8) is 0 Å². The average molecular weight is 412 g/mol. The lowest BCUT2D eigenvalue weighted by Gasteiger charge is -2.14. The van der Waals surface area contributed by atoms with Crippen LogP contribution in [0.2, 0.25) is 0 Å². The minimum Gasteiger partial charge on any atom is -0.493 e. The van der Waals surface area contributed by atoms with Gasteiger partial charge < -0.3 is 20.3 Å². The number of amides is 3. The third-order valence-corrected chi connectivity index (χ3v) is 4.35. The van der Waals surface area contributed by atoms with Crippen molar-refractivity contribution < 1.29 is 19.1 Å². The second kappa shape index (κ2) is 10.4. The minimum absolute atomic E-state index is 0.101. The summed E-state index contributed by atoms with van der Waals surface area (Å²) in [5.74, 6) is -0.299. The van der Waals surface area contributed by atoms with Crippen LogP contribution in [0.25, 0.3) is 0 Å². The van der Waals surface area contributed by atoms with Crippen LogP contribution in [0.3, 0.4) is 0 Å². The fraction of sp³-hybridized carbons (Fsp3) is 0.348. The Bertz CT molecular complexity index is 922. The van der Waals surface area contributed by atoms with Gasteiger partial charge in [-0.1, -0.05) is 26.0 Å². The van der Waals surface area contributed by atoms with E-state index in [0.29, 0.717) is 29.2 Å². The zero-order chi connectivity index (χ0) is 22.3. The molecule has 0 aliphatic rings. The molecule has 0 radical (unpaired) electrons. The van der Waals surface area contributed by atoms with Crippen LogP contribution in [-0.4, -0.2) is 43.3 Å². The SMILES string of the molecule is CCOc1ccc(NC(=O)C(C)C)cc1C(=O)NCc1cccc(C(=O)N(C)C)c1. The Labute approximate surface area is 177 Å². The number of nitrogens with one attached hydrogen (secondary N) is 2. The van der Waals surface area contributed by atoms with Crippen molar-refractivity contribution in [1.29, 1.82) is 0 Å². The van der Waals surface area contributed by atoms with E-state index in [9.17, 15) is 14.4 Å². The molecular weight excluding hydrogens is 382 g/mol. The maximum Gasteiger partial charge on any atom is 0.255 e. The lowest BCUT2D eigenvalue weighted by atomic mass is 10.1. The number of benzene rings is 2. The van der Waals surface area contributed by atoms with Gasteiger partial charge in [0.1, 0.15) is 5.75 Å². The first-order valence-electron chi connectivity index (χ1n) is 9.89. The van der Waals surface area contributed by atoms with Crippen LogP contribution in [0, 0.1) is 5.92 Å². The predicted octanol–water partition coefficient (Wildman–Crippen LogP) is 3.31. The molecule has 30 heavy (non-hydrogen) atoms. The number of hydrogen-bond donors (Lipinski definition) is 2. The normalized spacial score (nSPS) is 10.5. The first-order chi connectivity index (χ1) is 14.2. The van der Waals surface area contributed by atoms with Crippen molar-refractivity contribution in [2.45, 2.75) is 27.3 Å². The van der Waals surface area contributed by atoms with Crippen molar-refractivity contribution >= 4 is 23.4 Å². The van der Waals surface area contributed by atoms with Gasteiger partial charge in [0.05, 0.1) is 12.2 Å². The number of anilines is 1. The van der Waals surface area contributed by atoms with Gasteiger partial charge >= 0.3 is 0 Å². The zero-order valence-corrected chi connectivity index (χ0v) is 18.1. The number of carbonyl (C=O) groups is 3. The summed E-state index contributed by atoms with van der Waals surface area (Å²) in [6.45, 7) is 6.09. The van der Waals surface area contributed by atoms with Crippen LogP contribution in [0.15, 0.2) is 42.5 Å². The average Bonchev–Trinajstić information content (AvgIpc) is 2.72. The Hall–Kier alpha value is -3.35. The number of rotatable bonds is 8. The topological polar surface area (TPSA) is 87.7 Å². The van der Waals surface area contributed by atoms with Gasteiger partial charge in [-0.2, -0.15) is 0 Å².